The SMILES string of the molecule is CC.CCN1c2sccc2C(O)=C(c2ccccc2C)S1(=O)=O.[CH3-].[Y]. The van der Waals surface area contributed by atoms with Gasteiger partial charge in [0.1, 0.15) is 15.7 Å². The summed E-state index contributed by atoms with van der Waals surface area (Å²) in [5.41, 5.74) is 1.94. The van der Waals surface area contributed by atoms with Crippen LogP contribution in [0.2, 0.25) is 0 Å². The average molecular weight is 455 g/mol. The maximum Gasteiger partial charge on any atom is 0.269 e. The Labute approximate surface area is 180 Å². The van der Waals surface area contributed by atoms with Gasteiger partial charge in [0.2, 0.25) is 0 Å². The van der Waals surface area contributed by atoms with Crippen LogP contribution in [-0.4, -0.2) is 20.1 Å². The topological polar surface area (TPSA) is 57.6 Å². The molecule has 3 rings (SSSR count). The van der Waals surface area contributed by atoms with Crippen molar-refractivity contribution in [1.82, 2.24) is 0 Å². The first-order chi connectivity index (χ1) is 11.0. The van der Waals surface area contributed by atoms with E-state index in [1.807, 2.05) is 32.9 Å². The van der Waals surface area contributed by atoms with Crippen LogP contribution in [0.25, 0.3) is 10.7 Å². The number of thiophene rings is 1. The summed E-state index contributed by atoms with van der Waals surface area (Å²) in [5, 5.41) is 12.9. The molecular formula is C18H24NO3S2Y-. The standard InChI is InChI=1S/C15H15NO3S2.C2H6.CH3.Y/c1-3-16-15-12(8-9-20-15)13(17)14(21(16,18)19)11-7-5-4-6-10(11)2;1-2;;/h4-9,17H,3H2,1-2H3;1-2H3;1H3;/q;;-1;. The molecule has 0 unspecified atom stereocenters. The first-order valence-corrected chi connectivity index (χ1v) is 9.90. The van der Waals surface area contributed by atoms with Gasteiger partial charge in [-0.3, -0.25) is 4.31 Å². The number of aryl methyl sites for hydroxylation is 1. The van der Waals surface area contributed by atoms with Gasteiger partial charge < -0.3 is 12.5 Å². The van der Waals surface area contributed by atoms with Crippen molar-refractivity contribution in [1.29, 1.82) is 0 Å². The average Bonchev–Trinajstić information content (AvgIpc) is 3.00. The summed E-state index contributed by atoms with van der Waals surface area (Å²) in [4.78, 5) is -0.00616. The van der Waals surface area contributed by atoms with E-state index < -0.39 is 10.0 Å². The maximum absolute atomic E-state index is 12.9. The fourth-order valence-electron chi connectivity index (χ4n) is 2.55. The molecule has 0 spiro atoms. The van der Waals surface area contributed by atoms with Gasteiger partial charge in [0.25, 0.3) is 10.0 Å². The predicted octanol–water partition coefficient (Wildman–Crippen LogP) is 5.08. The summed E-state index contributed by atoms with van der Waals surface area (Å²) in [7, 11) is -3.75. The van der Waals surface area contributed by atoms with Gasteiger partial charge in [0, 0.05) is 44.8 Å². The first-order valence-electron chi connectivity index (χ1n) is 7.58. The number of nitrogens with zero attached hydrogens (tertiary/aromatic N) is 1. The van der Waals surface area contributed by atoms with E-state index in [-0.39, 0.29) is 50.8 Å². The maximum atomic E-state index is 12.9. The minimum Gasteiger partial charge on any atom is -0.506 e. The monoisotopic (exact) mass is 455 g/mol. The normalized spacial score (nSPS) is 14.5. The molecule has 4 nitrogen and oxygen atoms in total. The molecule has 1 aromatic carbocycles. The van der Waals surface area contributed by atoms with Crippen LogP contribution in [0.1, 0.15) is 37.5 Å². The second-order valence-electron chi connectivity index (χ2n) is 4.80. The van der Waals surface area contributed by atoms with E-state index in [1.165, 1.54) is 15.6 Å². The Kier molecular flexibility index (Phi) is 9.59. The summed E-state index contributed by atoms with van der Waals surface area (Å²) in [6.45, 7) is 7.96. The van der Waals surface area contributed by atoms with Crippen LogP contribution in [0.15, 0.2) is 35.7 Å². The number of aliphatic hydroxyl groups is 1. The molecular weight excluding hydrogens is 431 g/mol. The molecule has 1 N–H and O–H groups in total. The van der Waals surface area contributed by atoms with Crippen molar-refractivity contribution < 1.29 is 46.2 Å². The Morgan fingerprint density at radius 1 is 1.12 bits per heavy atom. The number of sulfonamides is 1. The van der Waals surface area contributed by atoms with Crippen LogP contribution in [0.5, 0.6) is 0 Å². The van der Waals surface area contributed by atoms with Crippen LogP contribution < -0.4 is 4.31 Å². The van der Waals surface area contributed by atoms with Crippen molar-refractivity contribution in [2.24, 2.45) is 0 Å². The molecule has 1 radical (unpaired) electrons. The summed E-state index contributed by atoms with van der Waals surface area (Å²) in [6.07, 6.45) is 0. The molecule has 0 bridgehead atoms. The number of benzene rings is 1. The van der Waals surface area contributed by atoms with Gasteiger partial charge in [0.15, 0.2) is 0 Å². The van der Waals surface area contributed by atoms with E-state index >= 15 is 0 Å². The van der Waals surface area contributed by atoms with E-state index in [9.17, 15) is 13.5 Å². The van der Waals surface area contributed by atoms with Gasteiger partial charge >= 0.3 is 0 Å². The van der Waals surface area contributed by atoms with Gasteiger partial charge in [0.05, 0.1) is 5.56 Å². The number of fused-ring (bicyclic) bond motifs is 1. The van der Waals surface area contributed by atoms with Crippen molar-refractivity contribution in [3.05, 3.63) is 59.8 Å². The number of hydrogen-bond donors (Lipinski definition) is 1. The minimum absolute atomic E-state index is 0. The van der Waals surface area contributed by atoms with Gasteiger partial charge in [-0.15, -0.1) is 11.3 Å². The van der Waals surface area contributed by atoms with Gasteiger partial charge in [-0.2, -0.15) is 0 Å². The van der Waals surface area contributed by atoms with E-state index in [1.54, 1.807) is 30.5 Å². The van der Waals surface area contributed by atoms with E-state index in [2.05, 4.69) is 0 Å². The largest absolute Gasteiger partial charge is 0.506 e. The molecule has 0 saturated heterocycles. The molecule has 1 aromatic heterocycles. The molecule has 0 aliphatic carbocycles. The molecule has 0 saturated carbocycles. The molecule has 2 aromatic rings. The Balaban J connectivity index is 0.00000139. The molecule has 1 aliphatic heterocycles. The predicted molar refractivity (Wildman–Crippen MR) is 105 cm³/mol. The summed E-state index contributed by atoms with van der Waals surface area (Å²) in [6, 6.07) is 8.94. The van der Waals surface area contributed by atoms with E-state index in [0.29, 0.717) is 22.7 Å². The second-order valence-corrected chi connectivity index (χ2v) is 7.50. The first kappa shape index (κ1) is 24.3. The third kappa shape index (κ3) is 4.18. The third-order valence-electron chi connectivity index (χ3n) is 3.57. The van der Waals surface area contributed by atoms with Crippen LogP contribution in [0.4, 0.5) is 5.00 Å². The van der Waals surface area contributed by atoms with E-state index in [4.69, 9.17) is 0 Å². The number of rotatable bonds is 2. The van der Waals surface area contributed by atoms with Gasteiger partial charge in [-0.05, 0) is 30.9 Å². The van der Waals surface area contributed by atoms with Crippen LogP contribution in [-0.2, 0) is 42.7 Å². The summed E-state index contributed by atoms with van der Waals surface area (Å²) < 4.78 is 27.1. The molecule has 0 atom stereocenters. The molecule has 135 valence electrons. The van der Waals surface area contributed by atoms with Crippen LogP contribution in [0.3, 0.4) is 0 Å². The Hall–Kier alpha value is -0.686. The zero-order valence-electron chi connectivity index (χ0n) is 15.3. The molecule has 2 heterocycles. The van der Waals surface area contributed by atoms with Crippen molar-refractivity contribution in [3.63, 3.8) is 0 Å². The minimum atomic E-state index is -3.75. The molecule has 7 heteroatoms. The molecule has 1 aliphatic rings. The van der Waals surface area contributed by atoms with Crippen molar-refractivity contribution in [2.45, 2.75) is 27.7 Å². The van der Waals surface area contributed by atoms with Crippen LogP contribution in [0, 0.1) is 14.4 Å². The van der Waals surface area contributed by atoms with Crippen LogP contribution >= 0.6 is 11.3 Å². The number of hydrogen-bond acceptors (Lipinski definition) is 4. The van der Waals surface area contributed by atoms with Crippen molar-refractivity contribution >= 4 is 37.0 Å². The van der Waals surface area contributed by atoms with Gasteiger partial charge in [-0.1, -0.05) is 38.1 Å². The zero-order chi connectivity index (χ0) is 17.2. The number of aliphatic hydroxyl groups excluding tert-OH is 1. The van der Waals surface area contributed by atoms with Crippen molar-refractivity contribution in [2.75, 3.05) is 10.8 Å². The third-order valence-corrected chi connectivity index (χ3v) is 6.57. The smallest absolute Gasteiger partial charge is 0.269 e. The Morgan fingerprint density at radius 3 is 2.28 bits per heavy atom. The number of anilines is 1. The fraction of sp³-hybridized carbons (Fsp3) is 0.278. The Morgan fingerprint density at radius 2 is 1.72 bits per heavy atom. The molecule has 0 fully saturated rings. The zero-order valence-corrected chi connectivity index (χ0v) is 19.7. The van der Waals surface area contributed by atoms with Crippen molar-refractivity contribution in [3.8, 4) is 0 Å². The van der Waals surface area contributed by atoms with Gasteiger partial charge in [-0.25, -0.2) is 8.42 Å². The Bertz CT molecular complexity index is 842. The second kappa shape index (κ2) is 9.86. The quantitative estimate of drug-likeness (QED) is 0.643. The summed E-state index contributed by atoms with van der Waals surface area (Å²) in [5.74, 6) is -0.162. The molecule has 0 amide bonds. The van der Waals surface area contributed by atoms with E-state index in [0.717, 1.165) is 5.56 Å². The fourth-order valence-corrected chi connectivity index (χ4v) is 5.58. The molecule has 25 heavy (non-hydrogen) atoms. The summed E-state index contributed by atoms with van der Waals surface area (Å²) >= 11 is 1.32.